The van der Waals surface area contributed by atoms with Gasteiger partial charge < -0.3 is 0 Å². The Morgan fingerprint density at radius 1 is 1.00 bits per heavy atom. The zero-order valence-corrected chi connectivity index (χ0v) is 11.2. The summed E-state index contributed by atoms with van der Waals surface area (Å²) in [6.07, 6.45) is 0.558. The summed E-state index contributed by atoms with van der Waals surface area (Å²) in [4.78, 5) is 11.6. The first-order valence-electron chi connectivity index (χ1n) is 6.33. The predicted molar refractivity (Wildman–Crippen MR) is 76.0 cm³/mol. The summed E-state index contributed by atoms with van der Waals surface area (Å²) in [5.74, 6) is 0.197. The summed E-state index contributed by atoms with van der Waals surface area (Å²) in [5, 5.41) is 0. The van der Waals surface area contributed by atoms with Crippen LogP contribution in [0.15, 0.2) is 42.5 Å². The van der Waals surface area contributed by atoms with Crippen molar-refractivity contribution < 1.29 is 4.79 Å². The Bertz CT molecular complexity index is 565. The molecule has 0 spiro atoms. The van der Waals surface area contributed by atoms with E-state index in [1.165, 1.54) is 22.3 Å². The van der Waals surface area contributed by atoms with E-state index in [0.717, 1.165) is 5.56 Å². The number of Topliss-reactive ketones (excluding diaryl/α,β-unsaturated/α-hetero) is 1. The van der Waals surface area contributed by atoms with Gasteiger partial charge in [-0.3, -0.25) is 4.79 Å². The van der Waals surface area contributed by atoms with Gasteiger partial charge >= 0.3 is 0 Å². The fraction of sp³-hybridized carbons (Fsp3) is 0.235. The molecule has 0 bridgehead atoms. The highest BCUT2D eigenvalue weighted by Crippen LogP contribution is 2.25. The first-order chi connectivity index (χ1) is 8.63. The topological polar surface area (TPSA) is 17.1 Å². The fourth-order valence-corrected chi connectivity index (χ4v) is 2.10. The average molecular weight is 238 g/mol. The lowest BCUT2D eigenvalue weighted by molar-refractivity contribution is 0.0988. The van der Waals surface area contributed by atoms with Gasteiger partial charge in [0.2, 0.25) is 0 Å². The van der Waals surface area contributed by atoms with Gasteiger partial charge in [-0.25, -0.2) is 0 Å². The molecule has 18 heavy (non-hydrogen) atoms. The Hall–Kier alpha value is -1.89. The minimum atomic E-state index is 0.197. The Kier molecular flexibility index (Phi) is 3.61. The molecule has 1 nitrogen and oxygen atoms in total. The van der Waals surface area contributed by atoms with E-state index in [1.807, 2.05) is 31.2 Å². The van der Waals surface area contributed by atoms with E-state index in [9.17, 15) is 4.79 Å². The van der Waals surface area contributed by atoms with Crippen LogP contribution < -0.4 is 0 Å². The second-order valence-electron chi connectivity index (χ2n) is 4.60. The minimum Gasteiger partial charge on any atom is -0.294 e. The molecule has 1 heteroatoms. The lowest BCUT2D eigenvalue weighted by Crippen LogP contribution is -1.96. The van der Waals surface area contributed by atoms with Crippen molar-refractivity contribution in [3.63, 3.8) is 0 Å². The maximum Gasteiger partial charge on any atom is 0.162 e. The maximum atomic E-state index is 11.6. The first kappa shape index (κ1) is 12.6. The molecule has 0 aliphatic heterocycles. The third-order valence-electron chi connectivity index (χ3n) is 3.44. The molecule has 0 amide bonds. The molecule has 2 aromatic rings. The van der Waals surface area contributed by atoms with Crippen LogP contribution in [-0.4, -0.2) is 5.78 Å². The monoisotopic (exact) mass is 238 g/mol. The number of hydrogen-bond acceptors (Lipinski definition) is 1. The molecular formula is C17H18O. The van der Waals surface area contributed by atoms with Gasteiger partial charge in [-0.05, 0) is 36.1 Å². The van der Waals surface area contributed by atoms with E-state index >= 15 is 0 Å². The van der Waals surface area contributed by atoms with Gasteiger partial charge in [-0.15, -0.1) is 0 Å². The molecule has 0 aliphatic rings. The smallest absolute Gasteiger partial charge is 0.162 e. The van der Waals surface area contributed by atoms with Gasteiger partial charge in [0, 0.05) is 12.0 Å². The van der Waals surface area contributed by atoms with E-state index in [0.29, 0.717) is 6.42 Å². The molecule has 2 rings (SSSR count). The Morgan fingerprint density at radius 3 is 2.28 bits per heavy atom. The molecule has 0 radical (unpaired) electrons. The number of carbonyl (C=O) groups is 1. The highest BCUT2D eigenvalue weighted by atomic mass is 16.1. The largest absolute Gasteiger partial charge is 0.294 e. The third kappa shape index (κ3) is 2.35. The van der Waals surface area contributed by atoms with Gasteiger partial charge in [-0.1, -0.05) is 49.4 Å². The third-order valence-corrected chi connectivity index (χ3v) is 3.44. The zero-order chi connectivity index (χ0) is 13.1. The highest BCUT2D eigenvalue weighted by Gasteiger charge is 2.06. The molecular weight excluding hydrogens is 220 g/mol. The molecule has 0 heterocycles. The van der Waals surface area contributed by atoms with Gasteiger partial charge in [-0.2, -0.15) is 0 Å². The van der Waals surface area contributed by atoms with E-state index in [-0.39, 0.29) is 5.78 Å². The molecule has 0 aromatic heterocycles. The number of carbonyl (C=O) groups excluding carboxylic acids is 1. The summed E-state index contributed by atoms with van der Waals surface area (Å²) < 4.78 is 0. The van der Waals surface area contributed by atoms with Gasteiger partial charge in [0.25, 0.3) is 0 Å². The van der Waals surface area contributed by atoms with Crippen molar-refractivity contribution in [2.24, 2.45) is 0 Å². The molecule has 0 atom stereocenters. The lowest BCUT2D eigenvalue weighted by Gasteiger charge is -2.09. The van der Waals surface area contributed by atoms with E-state index in [1.54, 1.807) is 0 Å². The zero-order valence-electron chi connectivity index (χ0n) is 11.2. The molecule has 0 saturated heterocycles. The number of aryl methyl sites for hydroxylation is 1. The number of benzene rings is 2. The fourth-order valence-electron chi connectivity index (χ4n) is 2.10. The summed E-state index contributed by atoms with van der Waals surface area (Å²) >= 11 is 0. The lowest BCUT2D eigenvalue weighted by atomic mass is 9.96. The van der Waals surface area contributed by atoms with Crippen LogP contribution in [0.25, 0.3) is 11.1 Å². The summed E-state index contributed by atoms with van der Waals surface area (Å²) in [6, 6.07) is 14.2. The standard InChI is InChI=1S/C17H18O/c1-4-17(18)15-10-8-14(9-11-15)16-7-5-6-12(2)13(16)3/h5-11H,4H2,1-3H3. The van der Waals surface area contributed by atoms with Crippen LogP contribution in [-0.2, 0) is 0 Å². The van der Waals surface area contributed by atoms with E-state index in [2.05, 4.69) is 32.0 Å². The van der Waals surface area contributed by atoms with Crippen molar-refractivity contribution in [2.45, 2.75) is 27.2 Å². The van der Waals surface area contributed by atoms with Crippen molar-refractivity contribution in [1.82, 2.24) is 0 Å². The molecule has 0 fully saturated rings. The minimum absolute atomic E-state index is 0.197. The van der Waals surface area contributed by atoms with Crippen LogP contribution in [0.5, 0.6) is 0 Å². The van der Waals surface area contributed by atoms with Crippen molar-refractivity contribution in [1.29, 1.82) is 0 Å². The van der Waals surface area contributed by atoms with E-state index < -0.39 is 0 Å². The van der Waals surface area contributed by atoms with Crippen LogP contribution in [0.3, 0.4) is 0 Å². The molecule has 0 N–H and O–H groups in total. The van der Waals surface area contributed by atoms with Crippen LogP contribution in [0.1, 0.15) is 34.8 Å². The summed E-state index contributed by atoms with van der Waals surface area (Å²) in [5.41, 5.74) is 5.80. The Labute approximate surface area is 108 Å². The molecule has 0 unspecified atom stereocenters. The molecule has 92 valence electrons. The van der Waals surface area contributed by atoms with Gasteiger partial charge in [0.05, 0.1) is 0 Å². The SMILES string of the molecule is CCC(=O)c1ccc(-c2cccc(C)c2C)cc1. The number of hydrogen-bond donors (Lipinski definition) is 0. The second-order valence-corrected chi connectivity index (χ2v) is 4.60. The van der Waals surface area contributed by atoms with Crippen LogP contribution in [0.2, 0.25) is 0 Å². The normalized spacial score (nSPS) is 10.4. The van der Waals surface area contributed by atoms with Gasteiger partial charge in [0.15, 0.2) is 5.78 Å². The first-order valence-corrected chi connectivity index (χ1v) is 6.33. The van der Waals surface area contributed by atoms with Crippen molar-refractivity contribution in [2.75, 3.05) is 0 Å². The summed E-state index contributed by atoms with van der Waals surface area (Å²) in [6.45, 7) is 6.14. The quantitative estimate of drug-likeness (QED) is 0.716. The molecule has 2 aromatic carbocycles. The van der Waals surface area contributed by atoms with E-state index in [4.69, 9.17) is 0 Å². The van der Waals surface area contributed by atoms with Crippen molar-refractivity contribution in [3.8, 4) is 11.1 Å². The Morgan fingerprint density at radius 2 is 1.67 bits per heavy atom. The average Bonchev–Trinajstić information content (AvgIpc) is 2.41. The van der Waals surface area contributed by atoms with Crippen LogP contribution >= 0.6 is 0 Å². The highest BCUT2D eigenvalue weighted by molar-refractivity contribution is 5.96. The Balaban J connectivity index is 2.40. The maximum absolute atomic E-state index is 11.6. The van der Waals surface area contributed by atoms with Crippen LogP contribution in [0.4, 0.5) is 0 Å². The van der Waals surface area contributed by atoms with Crippen LogP contribution in [0, 0.1) is 13.8 Å². The number of rotatable bonds is 3. The van der Waals surface area contributed by atoms with Gasteiger partial charge in [0.1, 0.15) is 0 Å². The number of ketones is 1. The van der Waals surface area contributed by atoms with Crippen molar-refractivity contribution in [3.05, 3.63) is 59.2 Å². The molecule has 0 aliphatic carbocycles. The summed E-state index contributed by atoms with van der Waals surface area (Å²) in [7, 11) is 0. The van der Waals surface area contributed by atoms with Crippen molar-refractivity contribution >= 4 is 5.78 Å². The predicted octanol–water partition coefficient (Wildman–Crippen LogP) is 4.56. The second kappa shape index (κ2) is 5.18. The molecule has 0 saturated carbocycles.